The van der Waals surface area contributed by atoms with Crippen molar-refractivity contribution in [3.63, 3.8) is 0 Å². The lowest BCUT2D eigenvalue weighted by atomic mass is 10.1. The summed E-state index contributed by atoms with van der Waals surface area (Å²) in [5.74, 6) is 0.951. The summed E-state index contributed by atoms with van der Waals surface area (Å²) in [6, 6.07) is 17.1. The first kappa shape index (κ1) is 12.4. The molecule has 104 valence electrons. The Hall–Kier alpha value is -2.39. The maximum atomic E-state index is 4.47. The van der Waals surface area contributed by atoms with E-state index < -0.39 is 0 Å². The molecule has 0 aliphatic carbocycles. The molecule has 0 fully saturated rings. The van der Waals surface area contributed by atoms with E-state index in [1.54, 1.807) is 0 Å². The van der Waals surface area contributed by atoms with Crippen molar-refractivity contribution in [3.8, 4) is 0 Å². The second kappa shape index (κ2) is 5.19. The van der Waals surface area contributed by atoms with Crippen LogP contribution in [0, 0.1) is 0 Å². The molecule has 1 aromatic heterocycles. The van der Waals surface area contributed by atoms with Gasteiger partial charge in [0.2, 0.25) is 0 Å². The van der Waals surface area contributed by atoms with Crippen molar-refractivity contribution in [2.75, 3.05) is 5.32 Å². The maximum Gasteiger partial charge on any atom is 0.134 e. The molecule has 2 N–H and O–H groups in total. The van der Waals surface area contributed by atoms with Crippen LogP contribution < -0.4 is 10.6 Å². The lowest BCUT2D eigenvalue weighted by Gasteiger charge is -2.09. The van der Waals surface area contributed by atoms with Crippen LogP contribution in [0.1, 0.15) is 16.7 Å². The summed E-state index contributed by atoms with van der Waals surface area (Å²) in [4.78, 5) is 4.47. The monoisotopic (exact) mass is 275 g/mol. The predicted molar refractivity (Wildman–Crippen MR) is 86.1 cm³/mol. The Morgan fingerprint density at radius 2 is 1.90 bits per heavy atom. The Bertz CT molecular complexity index is 790. The SMILES string of the molecule is c1ccc2c(NCc3ccc4c(c3)CNC4)nccc2c1. The Labute approximate surface area is 124 Å². The number of nitrogens with zero attached hydrogens (tertiary/aromatic N) is 1. The topological polar surface area (TPSA) is 37.0 Å². The van der Waals surface area contributed by atoms with Crippen LogP contribution in [0.25, 0.3) is 10.8 Å². The van der Waals surface area contributed by atoms with Gasteiger partial charge in [0, 0.05) is 31.2 Å². The molecule has 0 unspecified atom stereocenters. The summed E-state index contributed by atoms with van der Waals surface area (Å²) >= 11 is 0. The molecule has 0 saturated carbocycles. The molecule has 3 nitrogen and oxygen atoms in total. The Morgan fingerprint density at radius 1 is 1.00 bits per heavy atom. The molecular formula is C18H17N3. The van der Waals surface area contributed by atoms with Crippen LogP contribution in [-0.4, -0.2) is 4.98 Å². The maximum absolute atomic E-state index is 4.47. The Kier molecular flexibility index (Phi) is 3.05. The minimum atomic E-state index is 0.800. The molecule has 2 aromatic carbocycles. The zero-order valence-corrected chi connectivity index (χ0v) is 11.8. The molecule has 4 rings (SSSR count). The lowest BCUT2D eigenvalue weighted by molar-refractivity contribution is 0.764. The van der Waals surface area contributed by atoms with Gasteiger partial charge in [0.15, 0.2) is 0 Å². The molecule has 0 bridgehead atoms. The van der Waals surface area contributed by atoms with Crippen LogP contribution in [0.3, 0.4) is 0 Å². The van der Waals surface area contributed by atoms with E-state index in [1.165, 1.54) is 27.5 Å². The smallest absolute Gasteiger partial charge is 0.134 e. The highest BCUT2D eigenvalue weighted by molar-refractivity contribution is 5.91. The van der Waals surface area contributed by atoms with E-state index in [0.29, 0.717) is 0 Å². The van der Waals surface area contributed by atoms with Crippen LogP contribution >= 0.6 is 0 Å². The van der Waals surface area contributed by atoms with Gasteiger partial charge in [-0.1, -0.05) is 42.5 Å². The highest BCUT2D eigenvalue weighted by atomic mass is 15.0. The first-order valence-corrected chi connectivity index (χ1v) is 7.29. The molecule has 21 heavy (non-hydrogen) atoms. The summed E-state index contributed by atoms with van der Waals surface area (Å²) in [6.07, 6.45) is 1.86. The molecule has 0 saturated heterocycles. The van der Waals surface area contributed by atoms with Gasteiger partial charge in [-0.15, -0.1) is 0 Å². The summed E-state index contributed by atoms with van der Waals surface area (Å²) in [5.41, 5.74) is 4.13. The van der Waals surface area contributed by atoms with Crippen LogP contribution in [-0.2, 0) is 19.6 Å². The number of anilines is 1. The minimum absolute atomic E-state index is 0.800. The van der Waals surface area contributed by atoms with E-state index >= 15 is 0 Å². The normalized spacial score (nSPS) is 13.3. The second-order valence-corrected chi connectivity index (χ2v) is 5.44. The summed E-state index contributed by atoms with van der Waals surface area (Å²) in [5, 5.41) is 9.23. The molecule has 2 heterocycles. The molecule has 1 aliphatic rings. The van der Waals surface area contributed by atoms with Crippen LogP contribution in [0.4, 0.5) is 5.82 Å². The summed E-state index contributed by atoms with van der Waals surface area (Å²) in [7, 11) is 0. The van der Waals surface area contributed by atoms with Crippen molar-refractivity contribution in [1.82, 2.24) is 10.3 Å². The first-order valence-electron chi connectivity index (χ1n) is 7.29. The first-order chi connectivity index (χ1) is 10.4. The van der Waals surface area contributed by atoms with E-state index in [1.807, 2.05) is 12.3 Å². The molecule has 0 amide bonds. The average molecular weight is 275 g/mol. The van der Waals surface area contributed by atoms with Crippen LogP contribution in [0.2, 0.25) is 0 Å². The zero-order chi connectivity index (χ0) is 14.1. The van der Waals surface area contributed by atoms with Gasteiger partial charge in [-0.05, 0) is 28.1 Å². The van der Waals surface area contributed by atoms with Gasteiger partial charge in [-0.3, -0.25) is 0 Å². The molecular weight excluding hydrogens is 258 g/mol. The summed E-state index contributed by atoms with van der Waals surface area (Å²) in [6.45, 7) is 2.78. The predicted octanol–water partition coefficient (Wildman–Crippen LogP) is 3.45. The van der Waals surface area contributed by atoms with Gasteiger partial charge in [0.25, 0.3) is 0 Å². The van der Waals surface area contributed by atoms with Crippen molar-refractivity contribution in [2.24, 2.45) is 0 Å². The number of pyridine rings is 1. The number of fused-ring (bicyclic) bond motifs is 2. The average Bonchev–Trinajstić information content (AvgIpc) is 3.00. The number of rotatable bonds is 3. The molecule has 0 atom stereocenters. The third-order valence-corrected chi connectivity index (χ3v) is 4.04. The molecule has 0 radical (unpaired) electrons. The number of hydrogen-bond acceptors (Lipinski definition) is 3. The van der Waals surface area contributed by atoms with E-state index in [0.717, 1.165) is 25.5 Å². The Morgan fingerprint density at radius 3 is 2.90 bits per heavy atom. The summed E-state index contributed by atoms with van der Waals surface area (Å²) < 4.78 is 0. The van der Waals surface area contributed by atoms with Gasteiger partial charge in [0.1, 0.15) is 5.82 Å². The second-order valence-electron chi connectivity index (χ2n) is 5.44. The van der Waals surface area contributed by atoms with E-state index in [4.69, 9.17) is 0 Å². The number of hydrogen-bond donors (Lipinski definition) is 2. The minimum Gasteiger partial charge on any atom is -0.365 e. The zero-order valence-electron chi connectivity index (χ0n) is 11.8. The highest BCUT2D eigenvalue weighted by Gasteiger charge is 2.10. The number of aromatic nitrogens is 1. The molecule has 1 aliphatic heterocycles. The van der Waals surface area contributed by atoms with E-state index in [-0.39, 0.29) is 0 Å². The van der Waals surface area contributed by atoms with Crippen LogP contribution in [0.5, 0.6) is 0 Å². The van der Waals surface area contributed by atoms with Gasteiger partial charge in [-0.25, -0.2) is 4.98 Å². The van der Waals surface area contributed by atoms with Crippen molar-refractivity contribution < 1.29 is 0 Å². The quantitative estimate of drug-likeness (QED) is 0.768. The van der Waals surface area contributed by atoms with Crippen molar-refractivity contribution in [3.05, 3.63) is 71.4 Å². The Balaban J connectivity index is 1.58. The van der Waals surface area contributed by atoms with E-state index in [2.05, 4.69) is 58.1 Å². The standard InChI is InChI=1S/C18H17N3/c1-2-4-17-14(3-1)7-8-20-18(17)21-10-13-5-6-15-11-19-12-16(15)9-13/h1-9,19H,10-12H2,(H,20,21). The van der Waals surface area contributed by atoms with Crippen molar-refractivity contribution in [1.29, 1.82) is 0 Å². The lowest BCUT2D eigenvalue weighted by Crippen LogP contribution is -2.02. The largest absolute Gasteiger partial charge is 0.365 e. The van der Waals surface area contributed by atoms with Gasteiger partial charge in [-0.2, -0.15) is 0 Å². The fourth-order valence-electron chi connectivity index (χ4n) is 2.90. The fourth-order valence-corrected chi connectivity index (χ4v) is 2.90. The third kappa shape index (κ3) is 2.36. The van der Waals surface area contributed by atoms with Crippen molar-refractivity contribution in [2.45, 2.75) is 19.6 Å². The fraction of sp³-hybridized carbons (Fsp3) is 0.167. The van der Waals surface area contributed by atoms with Crippen molar-refractivity contribution >= 4 is 16.6 Å². The molecule has 0 spiro atoms. The third-order valence-electron chi connectivity index (χ3n) is 4.04. The number of benzene rings is 2. The van der Waals surface area contributed by atoms with E-state index in [9.17, 15) is 0 Å². The van der Waals surface area contributed by atoms with Gasteiger partial charge < -0.3 is 10.6 Å². The molecule has 3 aromatic rings. The highest BCUT2D eigenvalue weighted by Crippen LogP contribution is 2.22. The number of nitrogens with one attached hydrogen (secondary N) is 2. The van der Waals surface area contributed by atoms with Gasteiger partial charge >= 0.3 is 0 Å². The van der Waals surface area contributed by atoms with Gasteiger partial charge in [0.05, 0.1) is 0 Å². The molecule has 3 heteroatoms. The van der Waals surface area contributed by atoms with Crippen LogP contribution in [0.15, 0.2) is 54.7 Å².